The normalized spacial score (nSPS) is 9.91. The lowest BCUT2D eigenvalue weighted by atomic mass is 10.2. The van der Waals surface area contributed by atoms with Gasteiger partial charge in [0.05, 0.1) is 0 Å². The highest BCUT2D eigenvalue weighted by molar-refractivity contribution is 5.73. The SMILES string of the molecule is CCCCCNCCC(N)=O. The summed E-state index contributed by atoms with van der Waals surface area (Å²) in [6.45, 7) is 3.89. The number of nitrogens with one attached hydrogen (secondary N) is 1. The molecule has 0 atom stereocenters. The zero-order valence-corrected chi connectivity index (χ0v) is 7.23. The van der Waals surface area contributed by atoms with E-state index in [4.69, 9.17) is 5.73 Å². The third-order valence-corrected chi connectivity index (χ3v) is 1.51. The molecule has 0 aromatic heterocycles. The number of rotatable bonds is 7. The van der Waals surface area contributed by atoms with Gasteiger partial charge in [-0.3, -0.25) is 4.79 Å². The Balaban J connectivity index is 2.85. The molecule has 0 saturated heterocycles. The molecule has 0 heterocycles. The Labute approximate surface area is 68.3 Å². The predicted octanol–water partition coefficient (Wildman–Crippen LogP) is 0.642. The topological polar surface area (TPSA) is 55.1 Å². The Kier molecular flexibility index (Phi) is 7.15. The van der Waals surface area contributed by atoms with Crippen molar-refractivity contribution < 1.29 is 4.79 Å². The highest BCUT2D eigenvalue weighted by Gasteiger charge is 1.91. The Morgan fingerprint density at radius 3 is 2.64 bits per heavy atom. The summed E-state index contributed by atoms with van der Waals surface area (Å²) in [4.78, 5) is 10.3. The van der Waals surface area contributed by atoms with Crippen molar-refractivity contribution in [3.63, 3.8) is 0 Å². The van der Waals surface area contributed by atoms with Gasteiger partial charge in [0.1, 0.15) is 0 Å². The van der Waals surface area contributed by atoms with E-state index in [1.165, 1.54) is 19.3 Å². The molecule has 0 aliphatic heterocycles. The van der Waals surface area contributed by atoms with Crippen molar-refractivity contribution in [2.24, 2.45) is 5.73 Å². The quantitative estimate of drug-likeness (QED) is 0.534. The first kappa shape index (κ1) is 10.4. The van der Waals surface area contributed by atoms with Crippen molar-refractivity contribution in [3.05, 3.63) is 0 Å². The molecule has 0 aromatic rings. The standard InChI is InChI=1S/C8H18N2O/c1-2-3-4-6-10-7-5-8(9)11/h10H,2-7H2,1H3,(H2,9,11). The fourth-order valence-electron chi connectivity index (χ4n) is 0.837. The molecule has 3 N–H and O–H groups in total. The van der Waals surface area contributed by atoms with Crippen molar-refractivity contribution in [2.45, 2.75) is 32.6 Å². The minimum atomic E-state index is -0.229. The first-order valence-electron chi connectivity index (χ1n) is 4.26. The van der Waals surface area contributed by atoms with Crippen LogP contribution in [0.4, 0.5) is 0 Å². The summed E-state index contributed by atoms with van der Waals surface area (Å²) in [5.41, 5.74) is 4.95. The van der Waals surface area contributed by atoms with Crippen LogP contribution in [0.1, 0.15) is 32.6 Å². The molecule has 0 bridgehead atoms. The lowest BCUT2D eigenvalue weighted by Crippen LogP contribution is -2.22. The minimum absolute atomic E-state index is 0.229. The molecule has 0 radical (unpaired) electrons. The van der Waals surface area contributed by atoms with Gasteiger partial charge >= 0.3 is 0 Å². The Morgan fingerprint density at radius 2 is 2.09 bits per heavy atom. The number of hydrogen-bond acceptors (Lipinski definition) is 2. The molecule has 11 heavy (non-hydrogen) atoms. The molecule has 3 heteroatoms. The van der Waals surface area contributed by atoms with Crippen LogP contribution in [0.15, 0.2) is 0 Å². The molecule has 0 spiro atoms. The zero-order chi connectivity index (χ0) is 8.53. The summed E-state index contributed by atoms with van der Waals surface area (Å²) < 4.78 is 0. The number of unbranched alkanes of at least 4 members (excludes halogenated alkanes) is 2. The van der Waals surface area contributed by atoms with Crippen LogP contribution in [0.2, 0.25) is 0 Å². The molecule has 1 amide bonds. The van der Waals surface area contributed by atoms with E-state index >= 15 is 0 Å². The van der Waals surface area contributed by atoms with Crippen LogP contribution in [0, 0.1) is 0 Å². The lowest BCUT2D eigenvalue weighted by Gasteiger charge is -2.00. The third-order valence-electron chi connectivity index (χ3n) is 1.51. The lowest BCUT2D eigenvalue weighted by molar-refractivity contribution is -0.117. The van der Waals surface area contributed by atoms with Gasteiger partial charge in [-0.2, -0.15) is 0 Å². The molecule has 0 unspecified atom stereocenters. The summed E-state index contributed by atoms with van der Waals surface area (Å²) in [6, 6.07) is 0. The van der Waals surface area contributed by atoms with Gasteiger partial charge in [-0.15, -0.1) is 0 Å². The monoisotopic (exact) mass is 158 g/mol. The summed E-state index contributed by atoms with van der Waals surface area (Å²) in [5, 5.41) is 3.15. The molecule has 0 aliphatic carbocycles. The zero-order valence-electron chi connectivity index (χ0n) is 7.23. The number of nitrogens with two attached hydrogens (primary N) is 1. The van der Waals surface area contributed by atoms with Gasteiger partial charge in [0.15, 0.2) is 0 Å². The first-order chi connectivity index (χ1) is 5.27. The largest absolute Gasteiger partial charge is 0.370 e. The van der Waals surface area contributed by atoms with Crippen molar-refractivity contribution in [1.82, 2.24) is 5.32 Å². The van der Waals surface area contributed by atoms with Crippen LogP contribution in [-0.2, 0) is 4.79 Å². The van der Waals surface area contributed by atoms with Crippen molar-refractivity contribution in [3.8, 4) is 0 Å². The number of hydrogen-bond donors (Lipinski definition) is 2. The van der Waals surface area contributed by atoms with E-state index in [1.54, 1.807) is 0 Å². The second kappa shape index (κ2) is 7.54. The predicted molar refractivity (Wildman–Crippen MR) is 46.2 cm³/mol. The van der Waals surface area contributed by atoms with E-state index in [2.05, 4.69) is 12.2 Å². The van der Waals surface area contributed by atoms with E-state index in [9.17, 15) is 4.79 Å². The van der Waals surface area contributed by atoms with Crippen LogP contribution in [0.25, 0.3) is 0 Å². The molecular formula is C8H18N2O. The van der Waals surface area contributed by atoms with Gasteiger partial charge in [-0.25, -0.2) is 0 Å². The number of carbonyl (C=O) groups excluding carboxylic acids is 1. The van der Waals surface area contributed by atoms with Crippen LogP contribution in [-0.4, -0.2) is 19.0 Å². The van der Waals surface area contributed by atoms with Gasteiger partial charge in [0.25, 0.3) is 0 Å². The van der Waals surface area contributed by atoms with Gasteiger partial charge < -0.3 is 11.1 Å². The molecule has 0 fully saturated rings. The number of carbonyl (C=O) groups is 1. The summed E-state index contributed by atoms with van der Waals surface area (Å²) >= 11 is 0. The molecule has 0 aromatic carbocycles. The highest BCUT2D eigenvalue weighted by atomic mass is 16.1. The molecule has 0 aliphatic rings. The van der Waals surface area contributed by atoms with Crippen LogP contribution in [0.3, 0.4) is 0 Å². The van der Waals surface area contributed by atoms with Crippen molar-refractivity contribution >= 4 is 5.91 Å². The minimum Gasteiger partial charge on any atom is -0.370 e. The molecule has 0 saturated carbocycles. The Hall–Kier alpha value is -0.570. The maximum absolute atomic E-state index is 10.3. The van der Waals surface area contributed by atoms with E-state index in [0.29, 0.717) is 6.42 Å². The third kappa shape index (κ3) is 9.43. The first-order valence-corrected chi connectivity index (χ1v) is 4.26. The second-order valence-corrected chi connectivity index (χ2v) is 2.67. The van der Waals surface area contributed by atoms with Gasteiger partial charge in [0, 0.05) is 13.0 Å². The van der Waals surface area contributed by atoms with E-state index in [1.807, 2.05) is 0 Å². The summed E-state index contributed by atoms with van der Waals surface area (Å²) in [6.07, 6.45) is 4.13. The van der Waals surface area contributed by atoms with Crippen LogP contribution in [0.5, 0.6) is 0 Å². The van der Waals surface area contributed by atoms with Crippen molar-refractivity contribution in [1.29, 1.82) is 0 Å². The van der Waals surface area contributed by atoms with E-state index in [-0.39, 0.29) is 5.91 Å². The van der Waals surface area contributed by atoms with Gasteiger partial charge in [0.2, 0.25) is 5.91 Å². The number of primary amides is 1. The fourth-order valence-corrected chi connectivity index (χ4v) is 0.837. The Bertz CT molecular complexity index is 104. The maximum Gasteiger partial charge on any atom is 0.218 e. The summed E-state index contributed by atoms with van der Waals surface area (Å²) in [5.74, 6) is -0.229. The van der Waals surface area contributed by atoms with Crippen LogP contribution < -0.4 is 11.1 Å². The molecular weight excluding hydrogens is 140 g/mol. The smallest absolute Gasteiger partial charge is 0.218 e. The van der Waals surface area contributed by atoms with Crippen LogP contribution >= 0.6 is 0 Å². The number of amides is 1. The molecule has 0 rings (SSSR count). The molecule has 3 nitrogen and oxygen atoms in total. The maximum atomic E-state index is 10.3. The Morgan fingerprint density at radius 1 is 1.36 bits per heavy atom. The summed E-state index contributed by atoms with van der Waals surface area (Å²) in [7, 11) is 0. The average molecular weight is 158 g/mol. The fraction of sp³-hybridized carbons (Fsp3) is 0.875. The van der Waals surface area contributed by atoms with Gasteiger partial charge in [-0.1, -0.05) is 19.8 Å². The van der Waals surface area contributed by atoms with Gasteiger partial charge in [-0.05, 0) is 13.0 Å². The molecule has 66 valence electrons. The van der Waals surface area contributed by atoms with Crippen molar-refractivity contribution in [2.75, 3.05) is 13.1 Å². The van der Waals surface area contributed by atoms with E-state index in [0.717, 1.165) is 13.1 Å². The highest BCUT2D eigenvalue weighted by Crippen LogP contribution is 1.90. The second-order valence-electron chi connectivity index (χ2n) is 2.67. The van der Waals surface area contributed by atoms with E-state index < -0.39 is 0 Å². The average Bonchev–Trinajstić information content (AvgIpc) is 1.96.